The van der Waals surface area contributed by atoms with E-state index in [0.29, 0.717) is 22.5 Å². The summed E-state index contributed by atoms with van der Waals surface area (Å²) in [6.45, 7) is 3.75. The van der Waals surface area contributed by atoms with Gasteiger partial charge in [-0.3, -0.25) is 4.79 Å². The molecule has 7 heteroatoms. The molecule has 2 aromatic carbocycles. The largest absolute Gasteiger partial charge is 0.309 e. The zero-order chi connectivity index (χ0) is 21.0. The van der Waals surface area contributed by atoms with E-state index >= 15 is 0 Å². The number of aromatic nitrogens is 2. The summed E-state index contributed by atoms with van der Waals surface area (Å²) < 4.78 is 39.5. The Morgan fingerprint density at radius 3 is 2.41 bits per heavy atom. The summed E-state index contributed by atoms with van der Waals surface area (Å²) in [6, 6.07) is 9.14. The molecule has 1 aromatic heterocycles. The van der Waals surface area contributed by atoms with E-state index in [0.717, 1.165) is 17.7 Å². The first-order valence-electron chi connectivity index (χ1n) is 8.83. The summed E-state index contributed by atoms with van der Waals surface area (Å²) in [7, 11) is 0. The Kier molecular flexibility index (Phi) is 6.07. The molecule has 0 atom stereocenters. The number of halogens is 3. The van der Waals surface area contributed by atoms with Crippen molar-refractivity contribution in [2.24, 2.45) is 0 Å². The van der Waals surface area contributed by atoms with E-state index in [1.165, 1.54) is 24.4 Å². The van der Waals surface area contributed by atoms with Crippen LogP contribution in [0.15, 0.2) is 54.2 Å². The summed E-state index contributed by atoms with van der Waals surface area (Å²) in [4.78, 5) is 21.1. The first kappa shape index (κ1) is 20.3. The predicted molar refractivity (Wildman–Crippen MR) is 105 cm³/mol. The zero-order valence-electron chi connectivity index (χ0n) is 15.8. The predicted octanol–water partition coefficient (Wildman–Crippen LogP) is 5.17. The van der Waals surface area contributed by atoms with Gasteiger partial charge >= 0.3 is 0 Å². The number of allylic oxidation sites excluding steroid dienone is 1. The number of hydrogen-bond donors (Lipinski definition) is 1. The second-order valence-corrected chi connectivity index (χ2v) is 6.69. The molecular formula is C22H18F3N3O. The number of carbonyl (C=O) groups is 1. The second-order valence-electron chi connectivity index (χ2n) is 6.69. The molecule has 0 bridgehead atoms. The van der Waals surface area contributed by atoms with Crippen molar-refractivity contribution in [1.29, 1.82) is 0 Å². The first-order chi connectivity index (χ1) is 13.8. The molecule has 0 spiro atoms. The smallest absolute Gasteiger partial charge is 0.230 e. The van der Waals surface area contributed by atoms with Crippen molar-refractivity contribution in [3.8, 4) is 11.3 Å². The molecule has 1 heterocycles. The number of rotatable bonds is 5. The van der Waals surface area contributed by atoms with Crippen LogP contribution in [0.2, 0.25) is 0 Å². The van der Waals surface area contributed by atoms with E-state index < -0.39 is 17.5 Å². The highest BCUT2D eigenvalue weighted by atomic mass is 19.2. The van der Waals surface area contributed by atoms with Crippen LogP contribution in [-0.2, 0) is 11.2 Å². The van der Waals surface area contributed by atoms with Crippen molar-refractivity contribution in [3.05, 3.63) is 82.9 Å². The van der Waals surface area contributed by atoms with Gasteiger partial charge in [0.05, 0.1) is 18.3 Å². The fourth-order valence-electron chi connectivity index (χ4n) is 2.64. The second kappa shape index (κ2) is 8.68. The van der Waals surface area contributed by atoms with Crippen molar-refractivity contribution in [3.63, 3.8) is 0 Å². The highest BCUT2D eigenvalue weighted by molar-refractivity contribution is 5.93. The lowest BCUT2D eigenvalue weighted by Gasteiger charge is -2.10. The molecule has 1 amide bonds. The Morgan fingerprint density at radius 1 is 1.03 bits per heavy atom. The van der Waals surface area contributed by atoms with Gasteiger partial charge in [0.15, 0.2) is 17.5 Å². The van der Waals surface area contributed by atoms with Crippen LogP contribution >= 0.6 is 0 Å². The Hall–Kier alpha value is -3.48. The minimum Gasteiger partial charge on any atom is -0.309 e. The van der Waals surface area contributed by atoms with Gasteiger partial charge in [-0.1, -0.05) is 11.6 Å². The van der Waals surface area contributed by atoms with Gasteiger partial charge in [0.2, 0.25) is 5.91 Å². The molecule has 0 unspecified atom stereocenters. The number of anilines is 1. The Balaban J connectivity index is 1.85. The first-order valence-corrected chi connectivity index (χ1v) is 8.83. The highest BCUT2D eigenvalue weighted by Gasteiger charge is 2.13. The van der Waals surface area contributed by atoms with Gasteiger partial charge in [0.1, 0.15) is 11.5 Å². The van der Waals surface area contributed by atoms with Crippen molar-refractivity contribution in [2.45, 2.75) is 20.3 Å². The molecule has 1 N–H and O–H groups in total. The van der Waals surface area contributed by atoms with Gasteiger partial charge in [-0.25, -0.2) is 23.1 Å². The number of hydrogen-bond acceptors (Lipinski definition) is 3. The lowest BCUT2D eigenvalue weighted by molar-refractivity contribution is -0.115. The van der Waals surface area contributed by atoms with Crippen LogP contribution in [0.5, 0.6) is 0 Å². The minimum absolute atomic E-state index is 0.146. The van der Waals surface area contributed by atoms with E-state index in [4.69, 9.17) is 0 Å². The van der Waals surface area contributed by atoms with Gasteiger partial charge in [0.25, 0.3) is 0 Å². The van der Waals surface area contributed by atoms with Crippen LogP contribution in [0, 0.1) is 17.5 Å². The van der Waals surface area contributed by atoms with Gasteiger partial charge in [-0.15, -0.1) is 0 Å². The van der Waals surface area contributed by atoms with Crippen molar-refractivity contribution in [2.75, 3.05) is 5.32 Å². The molecule has 0 radical (unpaired) electrons. The maximum atomic E-state index is 13.3. The van der Waals surface area contributed by atoms with Crippen LogP contribution in [0.4, 0.5) is 19.0 Å². The molecule has 29 heavy (non-hydrogen) atoms. The molecular weight excluding hydrogens is 379 g/mol. The lowest BCUT2D eigenvalue weighted by atomic mass is 10.1. The quantitative estimate of drug-likeness (QED) is 0.647. The van der Waals surface area contributed by atoms with Crippen molar-refractivity contribution in [1.82, 2.24) is 9.97 Å². The third kappa shape index (κ3) is 5.28. The van der Waals surface area contributed by atoms with Gasteiger partial charge in [-0.2, -0.15) is 0 Å². The monoisotopic (exact) mass is 397 g/mol. The zero-order valence-corrected chi connectivity index (χ0v) is 15.8. The Morgan fingerprint density at radius 2 is 1.76 bits per heavy atom. The van der Waals surface area contributed by atoms with Gasteiger partial charge in [-0.05, 0) is 61.9 Å². The average Bonchev–Trinajstić information content (AvgIpc) is 2.66. The topological polar surface area (TPSA) is 54.9 Å². The van der Waals surface area contributed by atoms with Gasteiger partial charge < -0.3 is 5.32 Å². The van der Waals surface area contributed by atoms with Crippen LogP contribution in [0.3, 0.4) is 0 Å². The van der Waals surface area contributed by atoms with E-state index in [2.05, 4.69) is 15.3 Å². The molecule has 148 valence electrons. The molecule has 4 nitrogen and oxygen atoms in total. The van der Waals surface area contributed by atoms with Crippen LogP contribution < -0.4 is 5.32 Å². The summed E-state index contributed by atoms with van der Waals surface area (Å²) in [5, 5.41) is 2.65. The number of amides is 1. The summed E-state index contributed by atoms with van der Waals surface area (Å²) in [5.41, 5.74) is 2.91. The molecule has 0 aliphatic heterocycles. The van der Waals surface area contributed by atoms with E-state index in [1.54, 1.807) is 18.2 Å². The van der Waals surface area contributed by atoms with E-state index in [-0.39, 0.29) is 18.1 Å². The number of nitrogens with one attached hydrogen (secondary N) is 1. The molecule has 3 rings (SSSR count). The molecule has 3 aromatic rings. The Labute approximate surface area is 166 Å². The summed E-state index contributed by atoms with van der Waals surface area (Å²) in [5.74, 6) is -2.54. The molecule has 0 aliphatic rings. The molecule has 0 aliphatic carbocycles. The normalized spacial score (nSPS) is 10.5. The lowest BCUT2D eigenvalue weighted by Crippen LogP contribution is -2.17. The standard InChI is InChI=1S/C22H18F3N3O/c1-13(2)9-19-22(26-12-20(27-19)15-4-6-16(23)7-5-15)28-21(29)11-14-3-8-17(24)18(25)10-14/h3-10,12H,11H2,1-2H3,(H,26,28,29). The summed E-state index contributed by atoms with van der Waals surface area (Å²) in [6.07, 6.45) is 3.09. The number of carbonyl (C=O) groups excluding carboxylic acids is 1. The highest BCUT2D eigenvalue weighted by Crippen LogP contribution is 2.22. The maximum absolute atomic E-state index is 13.3. The molecule has 0 fully saturated rings. The van der Waals surface area contributed by atoms with Gasteiger partial charge in [0, 0.05) is 5.56 Å². The SMILES string of the molecule is CC(C)=Cc1nc(-c2ccc(F)cc2)cnc1NC(=O)Cc1ccc(F)c(F)c1. The minimum atomic E-state index is -1.01. The fraction of sp³-hybridized carbons (Fsp3) is 0.136. The molecule has 0 saturated carbocycles. The summed E-state index contributed by atoms with van der Waals surface area (Å²) >= 11 is 0. The number of benzene rings is 2. The van der Waals surface area contributed by atoms with E-state index in [1.807, 2.05) is 13.8 Å². The molecule has 0 saturated heterocycles. The fourth-order valence-corrected chi connectivity index (χ4v) is 2.64. The third-order valence-electron chi connectivity index (χ3n) is 3.97. The van der Waals surface area contributed by atoms with Crippen molar-refractivity contribution < 1.29 is 18.0 Å². The van der Waals surface area contributed by atoms with Crippen LogP contribution in [0.1, 0.15) is 25.1 Å². The average molecular weight is 397 g/mol. The third-order valence-corrected chi connectivity index (χ3v) is 3.97. The van der Waals surface area contributed by atoms with Crippen LogP contribution in [-0.4, -0.2) is 15.9 Å². The number of nitrogens with zero attached hydrogens (tertiary/aromatic N) is 2. The Bertz CT molecular complexity index is 1080. The van der Waals surface area contributed by atoms with E-state index in [9.17, 15) is 18.0 Å². The van der Waals surface area contributed by atoms with Crippen molar-refractivity contribution >= 4 is 17.8 Å². The van der Waals surface area contributed by atoms with Crippen LogP contribution in [0.25, 0.3) is 17.3 Å². The maximum Gasteiger partial charge on any atom is 0.230 e.